The molecule has 0 aliphatic carbocycles. The molecule has 2 aromatic rings. The molecule has 19 heavy (non-hydrogen) atoms. The highest BCUT2D eigenvalue weighted by Gasteiger charge is 2.14. The van der Waals surface area contributed by atoms with E-state index in [-0.39, 0.29) is 0 Å². The maximum atomic E-state index is 6.23. The molecular weight excluding hydrogens is 258 g/mol. The second kappa shape index (κ2) is 5.93. The van der Waals surface area contributed by atoms with Crippen LogP contribution in [0.25, 0.3) is 0 Å². The van der Waals surface area contributed by atoms with Gasteiger partial charge in [-0.05, 0) is 37.6 Å². The first-order chi connectivity index (χ1) is 9.08. The second-order valence-corrected chi connectivity index (χ2v) is 5.20. The van der Waals surface area contributed by atoms with Crippen LogP contribution in [0.1, 0.15) is 19.4 Å². The van der Waals surface area contributed by atoms with E-state index >= 15 is 0 Å². The van der Waals surface area contributed by atoms with Crippen molar-refractivity contribution in [3.8, 4) is 0 Å². The van der Waals surface area contributed by atoms with Crippen LogP contribution in [-0.2, 0) is 6.54 Å². The first-order valence-corrected chi connectivity index (χ1v) is 6.66. The van der Waals surface area contributed by atoms with Crippen LogP contribution in [0.3, 0.4) is 0 Å². The van der Waals surface area contributed by atoms with Crippen LogP contribution in [0.2, 0.25) is 5.02 Å². The summed E-state index contributed by atoms with van der Waals surface area (Å²) >= 11 is 6.23. The van der Waals surface area contributed by atoms with Crippen molar-refractivity contribution in [2.24, 2.45) is 0 Å². The van der Waals surface area contributed by atoms with Crippen molar-refractivity contribution in [2.75, 3.05) is 10.6 Å². The second-order valence-electron chi connectivity index (χ2n) is 4.79. The SMILES string of the molecule is CC(C)N(Cc1ccc(N)cc1)c1ccncc1Cl. The highest BCUT2D eigenvalue weighted by molar-refractivity contribution is 6.33. The molecule has 0 atom stereocenters. The van der Waals surface area contributed by atoms with Crippen LogP contribution in [0.5, 0.6) is 0 Å². The van der Waals surface area contributed by atoms with Crippen LogP contribution in [0.15, 0.2) is 42.7 Å². The van der Waals surface area contributed by atoms with Gasteiger partial charge in [0.1, 0.15) is 0 Å². The van der Waals surface area contributed by atoms with Gasteiger partial charge in [-0.25, -0.2) is 0 Å². The molecule has 4 heteroatoms. The Labute approximate surface area is 119 Å². The van der Waals surface area contributed by atoms with Gasteiger partial charge in [-0.2, -0.15) is 0 Å². The predicted molar refractivity (Wildman–Crippen MR) is 81.4 cm³/mol. The molecule has 0 saturated heterocycles. The summed E-state index contributed by atoms with van der Waals surface area (Å²) in [5, 5.41) is 0.673. The van der Waals surface area contributed by atoms with Gasteiger partial charge in [0.2, 0.25) is 0 Å². The fourth-order valence-corrected chi connectivity index (χ4v) is 2.19. The topological polar surface area (TPSA) is 42.1 Å². The summed E-state index contributed by atoms with van der Waals surface area (Å²) in [6.45, 7) is 5.09. The average molecular weight is 276 g/mol. The third-order valence-corrected chi connectivity index (χ3v) is 3.31. The highest BCUT2D eigenvalue weighted by atomic mass is 35.5. The van der Waals surface area contributed by atoms with Crippen molar-refractivity contribution in [1.29, 1.82) is 0 Å². The van der Waals surface area contributed by atoms with Crippen LogP contribution >= 0.6 is 11.6 Å². The standard InChI is InChI=1S/C15H18ClN3/c1-11(2)19(15-7-8-18-9-14(15)16)10-12-3-5-13(17)6-4-12/h3-9,11H,10,17H2,1-2H3. The quantitative estimate of drug-likeness (QED) is 0.865. The Bertz CT molecular complexity index is 537. The van der Waals surface area contributed by atoms with Crippen molar-refractivity contribution in [2.45, 2.75) is 26.4 Å². The molecule has 0 saturated carbocycles. The molecule has 1 aromatic carbocycles. The first kappa shape index (κ1) is 13.7. The molecule has 0 fully saturated rings. The lowest BCUT2D eigenvalue weighted by atomic mass is 10.1. The van der Waals surface area contributed by atoms with Gasteiger partial charge < -0.3 is 10.6 Å². The van der Waals surface area contributed by atoms with E-state index in [0.29, 0.717) is 11.1 Å². The molecule has 0 amide bonds. The fraction of sp³-hybridized carbons (Fsp3) is 0.267. The number of aromatic nitrogens is 1. The Morgan fingerprint density at radius 3 is 2.47 bits per heavy atom. The highest BCUT2D eigenvalue weighted by Crippen LogP contribution is 2.27. The number of nitrogens with two attached hydrogens (primary N) is 1. The van der Waals surface area contributed by atoms with E-state index in [1.54, 1.807) is 12.4 Å². The smallest absolute Gasteiger partial charge is 0.0822 e. The molecule has 0 aliphatic heterocycles. The summed E-state index contributed by atoms with van der Waals surface area (Å²) < 4.78 is 0. The van der Waals surface area contributed by atoms with Crippen LogP contribution in [-0.4, -0.2) is 11.0 Å². The molecule has 100 valence electrons. The Morgan fingerprint density at radius 1 is 1.21 bits per heavy atom. The minimum Gasteiger partial charge on any atom is -0.399 e. The van der Waals surface area contributed by atoms with E-state index in [1.165, 1.54) is 5.56 Å². The summed E-state index contributed by atoms with van der Waals surface area (Å²) in [6, 6.07) is 10.2. The van der Waals surface area contributed by atoms with E-state index in [1.807, 2.05) is 30.3 Å². The number of nitrogens with zero attached hydrogens (tertiary/aromatic N) is 2. The minimum atomic E-state index is 0.345. The summed E-state index contributed by atoms with van der Waals surface area (Å²) in [4.78, 5) is 6.28. The van der Waals surface area contributed by atoms with Crippen molar-refractivity contribution >= 4 is 23.0 Å². The summed E-state index contributed by atoms with van der Waals surface area (Å²) in [5.74, 6) is 0. The summed E-state index contributed by atoms with van der Waals surface area (Å²) in [5.41, 5.74) is 8.70. The summed E-state index contributed by atoms with van der Waals surface area (Å²) in [6.07, 6.45) is 3.44. The third-order valence-electron chi connectivity index (χ3n) is 3.02. The van der Waals surface area contributed by atoms with Gasteiger partial charge in [0, 0.05) is 30.7 Å². The third kappa shape index (κ3) is 3.38. The van der Waals surface area contributed by atoms with E-state index in [0.717, 1.165) is 17.9 Å². The number of nitrogen functional groups attached to an aromatic ring is 1. The number of pyridine rings is 1. The van der Waals surface area contributed by atoms with Gasteiger partial charge in [0.15, 0.2) is 0 Å². The predicted octanol–water partition coefficient (Wildman–Crippen LogP) is 3.73. The molecule has 1 aromatic heterocycles. The number of anilines is 2. The normalized spacial score (nSPS) is 10.7. The molecule has 0 unspecified atom stereocenters. The zero-order valence-corrected chi connectivity index (χ0v) is 11.9. The number of rotatable bonds is 4. The van der Waals surface area contributed by atoms with Crippen molar-refractivity contribution in [3.05, 3.63) is 53.3 Å². The number of halogens is 1. The molecule has 2 rings (SSSR count). The Hall–Kier alpha value is -1.74. The molecular formula is C15H18ClN3. The van der Waals surface area contributed by atoms with Gasteiger partial charge >= 0.3 is 0 Å². The minimum absolute atomic E-state index is 0.345. The number of benzene rings is 1. The average Bonchev–Trinajstić information content (AvgIpc) is 2.39. The molecule has 0 bridgehead atoms. The fourth-order valence-electron chi connectivity index (χ4n) is 1.97. The van der Waals surface area contributed by atoms with Crippen LogP contribution in [0, 0.1) is 0 Å². The Morgan fingerprint density at radius 2 is 1.89 bits per heavy atom. The molecule has 0 aliphatic rings. The van der Waals surface area contributed by atoms with Gasteiger partial charge in [-0.15, -0.1) is 0 Å². The van der Waals surface area contributed by atoms with Crippen LogP contribution < -0.4 is 10.6 Å². The Balaban J connectivity index is 2.27. The molecule has 1 heterocycles. The van der Waals surface area contributed by atoms with E-state index < -0.39 is 0 Å². The largest absolute Gasteiger partial charge is 0.399 e. The van der Waals surface area contributed by atoms with Crippen LogP contribution in [0.4, 0.5) is 11.4 Å². The lowest BCUT2D eigenvalue weighted by Crippen LogP contribution is -2.30. The van der Waals surface area contributed by atoms with Gasteiger partial charge in [0.05, 0.1) is 10.7 Å². The number of hydrogen-bond acceptors (Lipinski definition) is 3. The molecule has 2 N–H and O–H groups in total. The van der Waals surface area contributed by atoms with E-state index in [2.05, 4.69) is 23.7 Å². The maximum absolute atomic E-state index is 6.23. The van der Waals surface area contributed by atoms with E-state index in [9.17, 15) is 0 Å². The van der Waals surface area contributed by atoms with Gasteiger partial charge in [-0.1, -0.05) is 23.7 Å². The lowest BCUT2D eigenvalue weighted by molar-refractivity contribution is 0.682. The number of hydrogen-bond donors (Lipinski definition) is 1. The summed E-state index contributed by atoms with van der Waals surface area (Å²) in [7, 11) is 0. The van der Waals surface area contributed by atoms with Gasteiger partial charge in [-0.3, -0.25) is 4.98 Å². The lowest BCUT2D eigenvalue weighted by Gasteiger charge is -2.29. The molecule has 3 nitrogen and oxygen atoms in total. The first-order valence-electron chi connectivity index (χ1n) is 6.28. The maximum Gasteiger partial charge on any atom is 0.0822 e. The molecule has 0 spiro atoms. The monoisotopic (exact) mass is 275 g/mol. The van der Waals surface area contributed by atoms with Crippen molar-refractivity contribution in [1.82, 2.24) is 4.98 Å². The van der Waals surface area contributed by atoms with Gasteiger partial charge in [0.25, 0.3) is 0 Å². The molecule has 0 radical (unpaired) electrons. The zero-order chi connectivity index (χ0) is 13.8. The van der Waals surface area contributed by atoms with E-state index in [4.69, 9.17) is 17.3 Å². The van der Waals surface area contributed by atoms with Crippen molar-refractivity contribution in [3.63, 3.8) is 0 Å². The zero-order valence-electron chi connectivity index (χ0n) is 11.2. The Kier molecular flexibility index (Phi) is 4.27. The van der Waals surface area contributed by atoms with Crippen molar-refractivity contribution < 1.29 is 0 Å².